The minimum Gasteiger partial charge on any atom is -0.462 e. The molecule has 0 fully saturated rings. The Balaban J connectivity index is 1.64. The normalized spacial score (nSPS) is 11.9. The minimum atomic E-state index is -0.378. The lowest BCUT2D eigenvalue weighted by Crippen LogP contribution is -2.21. The number of benzene rings is 2. The first-order chi connectivity index (χ1) is 16.4. The van der Waals surface area contributed by atoms with Gasteiger partial charge in [-0.2, -0.15) is 5.10 Å². The summed E-state index contributed by atoms with van der Waals surface area (Å²) in [6.45, 7) is 7.89. The predicted octanol–water partition coefficient (Wildman–Crippen LogP) is 5.36. The summed E-state index contributed by atoms with van der Waals surface area (Å²) in [5.74, 6) is -0.565. The minimum absolute atomic E-state index is 0.187. The SMILES string of the molecule is CCOC(=O)c1ccc(N/N=C(C(C)=O)\C(C)=N/CCc2nc(-c3ccccc3)c(C)s2)cc1. The molecule has 0 unspecified atom stereocenters. The van der Waals surface area contributed by atoms with Gasteiger partial charge in [0.05, 0.1) is 34.3 Å². The number of hydrogen-bond donors (Lipinski definition) is 1. The third-order valence-electron chi connectivity index (χ3n) is 4.93. The van der Waals surface area contributed by atoms with Crippen molar-refractivity contribution in [3.63, 3.8) is 0 Å². The second-order valence-electron chi connectivity index (χ2n) is 7.52. The number of ether oxygens (including phenoxy) is 1. The highest BCUT2D eigenvalue weighted by atomic mass is 32.1. The van der Waals surface area contributed by atoms with Crippen molar-refractivity contribution in [1.29, 1.82) is 0 Å². The third-order valence-corrected chi connectivity index (χ3v) is 5.96. The molecule has 8 heteroatoms. The van der Waals surface area contributed by atoms with Crippen molar-refractivity contribution in [2.75, 3.05) is 18.6 Å². The molecule has 3 aromatic rings. The van der Waals surface area contributed by atoms with Crippen LogP contribution in [-0.4, -0.2) is 41.3 Å². The van der Waals surface area contributed by atoms with E-state index in [2.05, 4.69) is 34.6 Å². The van der Waals surface area contributed by atoms with Gasteiger partial charge in [0.25, 0.3) is 0 Å². The van der Waals surface area contributed by atoms with E-state index >= 15 is 0 Å². The molecule has 0 radical (unpaired) electrons. The Morgan fingerprint density at radius 2 is 1.76 bits per heavy atom. The fourth-order valence-corrected chi connectivity index (χ4v) is 4.19. The summed E-state index contributed by atoms with van der Waals surface area (Å²) in [4.78, 5) is 34.4. The molecule has 2 aromatic carbocycles. The van der Waals surface area contributed by atoms with Crippen LogP contribution in [0, 0.1) is 6.92 Å². The zero-order valence-corrected chi connectivity index (χ0v) is 20.6. The van der Waals surface area contributed by atoms with Gasteiger partial charge < -0.3 is 4.74 Å². The van der Waals surface area contributed by atoms with Gasteiger partial charge in [-0.05, 0) is 45.0 Å². The number of Topliss-reactive ketones (excluding diaryl/α,β-unsaturated/α-hetero) is 1. The Bertz CT molecular complexity index is 1200. The summed E-state index contributed by atoms with van der Waals surface area (Å²) in [5, 5.41) is 5.25. The molecule has 1 N–H and O–H groups in total. The van der Waals surface area contributed by atoms with Crippen molar-refractivity contribution in [1.82, 2.24) is 4.98 Å². The van der Waals surface area contributed by atoms with Gasteiger partial charge in [0, 0.05) is 30.3 Å². The van der Waals surface area contributed by atoms with Gasteiger partial charge in [-0.1, -0.05) is 30.3 Å². The van der Waals surface area contributed by atoms with E-state index in [9.17, 15) is 9.59 Å². The maximum Gasteiger partial charge on any atom is 0.338 e. The zero-order valence-electron chi connectivity index (χ0n) is 19.8. The number of esters is 1. The number of thiazole rings is 1. The summed E-state index contributed by atoms with van der Waals surface area (Å²) >= 11 is 1.67. The van der Waals surface area contributed by atoms with E-state index in [1.807, 2.05) is 18.2 Å². The average Bonchev–Trinajstić information content (AvgIpc) is 3.20. The maximum absolute atomic E-state index is 12.1. The second kappa shape index (κ2) is 12.0. The van der Waals surface area contributed by atoms with Crippen LogP contribution >= 0.6 is 11.3 Å². The summed E-state index contributed by atoms with van der Waals surface area (Å²) in [6.07, 6.45) is 0.684. The summed E-state index contributed by atoms with van der Waals surface area (Å²) in [7, 11) is 0. The van der Waals surface area contributed by atoms with Gasteiger partial charge in [0.2, 0.25) is 0 Å². The molecular weight excluding hydrogens is 448 g/mol. The Hall–Kier alpha value is -3.65. The molecule has 0 atom stereocenters. The number of anilines is 1. The number of aliphatic imine (C=N–C) groups is 1. The molecule has 0 amide bonds. The van der Waals surface area contributed by atoms with E-state index < -0.39 is 0 Å². The topological polar surface area (TPSA) is 93.0 Å². The van der Waals surface area contributed by atoms with Gasteiger partial charge in [-0.3, -0.25) is 15.2 Å². The number of carbonyl (C=O) groups is 2. The number of aromatic nitrogens is 1. The van der Waals surface area contributed by atoms with Crippen LogP contribution in [0.5, 0.6) is 0 Å². The molecule has 3 rings (SSSR count). The molecule has 1 heterocycles. The molecule has 0 aliphatic rings. The number of ketones is 1. The molecule has 34 heavy (non-hydrogen) atoms. The monoisotopic (exact) mass is 476 g/mol. The highest BCUT2D eigenvalue weighted by Gasteiger charge is 2.12. The van der Waals surface area contributed by atoms with Crippen molar-refractivity contribution in [3.8, 4) is 11.3 Å². The van der Waals surface area contributed by atoms with Crippen LogP contribution < -0.4 is 5.43 Å². The molecule has 0 saturated heterocycles. The summed E-state index contributed by atoms with van der Waals surface area (Å²) < 4.78 is 4.98. The number of rotatable bonds is 10. The van der Waals surface area contributed by atoms with Crippen LogP contribution in [0.3, 0.4) is 0 Å². The summed E-state index contributed by atoms with van der Waals surface area (Å²) in [6, 6.07) is 16.8. The number of carbonyl (C=O) groups excluding carboxylic acids is 2. The van der Waals surface area contributed by atoms with Crippen LogP contribution in [0.4, 0.5) is 5.69 Å². The standard InChI is InChI=1S/C26H28N4O3S/c1-5-33-26(32)21-11-13-22(14-12-21)29-30-24(18(3)31)17(2)27-16-15-23-28-25(19(4)34-23)20-9-7-6-8-10-20/h6-14,29H,5,15-16H2,1-4H3/b27-17-,30-24+. The van der Waals surface area contributed by atoms with E-state index in [1.165, 1.54) is 11.8 Å². The van der Waals surface area contributed by atoms with E-state index in [0.717, 1.165) is 16.3 Å². The van der Waals surface area contributed by atoms with Crippen LogP contribution in [0.2, 0.25) is 0 Å². The average molecular weight is 477 g/mol. The molecule has 0 aliphatic carbocycles. The quantitative estimate of drug-likeness (QED) is 0.242. The molecule has 0 spiro atoms. The van der Waals surface area contributed by atoms with Gasteiger partial charge >= 0.3 is 5.97 Å². The van der Waals surface area contributed by atoms with Gasteiger partial charge in [-0.15, -0.1) is 11.3 Å². The molecule has 176 valence electrons. The molecule has 0 saturated carbocycles. The second-order valence-corrected chi connectivity index (χ2v) is 8.81. The summed E-state index contributed by atoms with van der Waals surface area (Å²) in [5.41, 5.74) is 6.89. The largest absolute Gasteiger partial charge is 0.462 e. The number of aryl methyl sites for hydroxylation is 1. The fraction of sp³-hybridized carbons (Fsp3) is 0.269. The van der Waals surface area contributed by atoms with Crippen LogP contribution in [0.1, 0.15) is 41.0 Å². The smallest absolute Gasteiger partial charge is 0.338 e. The Morgan fingerprint density at radius 3 is 2.41 bits per heavy atom. The van der Waals surface area contributed by atoms with Crippen molar-refractivity contribution in [2.24, 2.45) is 10.1 Å². The van der Waals surface area contributed by atoms with Crippen molar-refractivity contribution in [3.05, 3.63) is 70.0 Å². The van der Waals surface area contributed by atoms with E-state index in [4.69, 9.17) is 9.72 Å². The van der Waals surface area contributed by atoms with E-state index in [1.54, 1.807) is 49.4 Å². The lowest BCUT2D eigenvalue weighted by atomic mass is 10.1. The van der Waals surface area contributed by atoms with E-state index in [0.29, 0.717) is 36.5 Å². The first-order valence-corrected chi connectivity index (χ1v) is 11.9. The highest BCUT2D eigenvalue weighted by Crippen LogP contribution is 2.27. The zero-order chi connectivity index (χ0) is 24.5. The van der Waals surface area contributed by atoms with Gasteiger partial charge in [-0.25, -0.2) is 9.78 Å². The Kier molecular flexibility index (Phi) is 8.81. The Labute approximate surface area is 203 Å². The lowest BCUT2D eigenvalue weighted by Gasteiger charge is -2.06. The third kappa shape index (κ3) is 6.68. The van der Waals surface area contributed by atoms with Crippen LogP contribution in [0.25, 0.3) is 11.3 Å². The van der Waals surface area contributed by atoms with Crippen LogP contribution in [0.15, 0.2) is 64.7 Å². The first-order valence-electron chi connectivity index (χ1n) is 11.0. The van der Waals surface area contributed by atoms with Gasteiger partial charge in [0.15, 0.2) is 5.78 Å². The molecular formula is C26H28N4O3S. The van der Waals surface area contributed by atoms with Crippen molar-refractivity contribution >= 4 is 40.2 Å². The number of hydrogen-bond acceptors (Lipinski definition) is 8. The Morgan fingerprint density at radius 1 is 1.06 bits per heavy atom. The highest BCUT2D eigenvalue weighted by molar-refractivity contribution is 7.12. The van der Waals surface area contributed by atoms with Gasteiger partial charge in [0.1, 0.15) is 5.71 Å². The maximum atomic E-state index is 12.1. The van der Waals surface area contributed by atoms with Crippen molar-refractivity contribution < 1.29 is 14.3 Å². The molecule has 0 aliphatic heterocycles. The number of nitrogens with zero attached hydrogens (tertiary/aromatic N) is 3. The fourth-order valence-electron chi connectivity index (χ4n) is 3.25. The molecule has 1 aromatic heterocycles. The first kappa shape index (κ1) is 25.0. The van der Waals surface area contributed by atoms with E-state index in [-0.39, 0.29) is 17.5 Å². The van der Waals surface area contributed by atoms with Crippen molar-refractivity contribution in [2.45, 2.75) is 34.1 Å². The number of nitrogens with one attached hydrogen (secondary N) is 1. The predicted molar refractivity (Wildman–Crippen MR) is 138 cm³/mol. The molecule has 7 nitrogen and oxygen atoms in total. The number of hydrazone groups is 1. The molecule has 0 bridgehead atoms. The lowest BCUT2D eigenvalue weighted by molar-refractivity contribution is -0.110. The van der Waals surface area contributed by atoms with Crippen LogP contribution in [-0.2, 0) is 16.0 Å².